The van der Waals surface area contributed by atoms with Crippen LogP contribution in [0.1, 0.15) is 31.0 Å². The molecule has 5 heteroatoms. The van der Waals surface area contributed by atoms with E-state index in [1.54, 1.807) is 4.90 Å². The van der Waals surface area contributed by atoms with E-state index in [0.717, 1.165) is 12.0 Å². The SMILES string of the molecule is CCOC(CN(CCc1ccccc1)C(=O)[C@@H](N)c1ccccc1)OCC. The second kappa shape index (κ2) is 11.5. The molecule has 0 aliphatic carbocycles. The van der Waals surface area contributed by atoms with Crippen LogP contribution < -0.4 is 5.73 Å². The zero-order chi connectivity index (χ0) is 19.5. The highest BCUT2D eigenvalue weighted by atomic mass is 16.7. The standard InChI is InChI=1S/C22H30N2O3/c1-3-26-20(27-4-2)17-24(16-15-18-11-7-5-8-12-18)22(25)21(23)19-13-9-6-10-14-19/h5-14,20-21H,3-4,15-17,23H2,1-2H3/t21-/m0/s1. The van der Waals surface area contributed by atoms with Gasteiger partial charge >= 0.3 is 0 Å². The Hall–Kier alpha value is -2.21. The highest BCUT2D eigenvalue weighted by Gasteiger charge is 2.25. The van der Waals surface area contributed by atoms with E-state index in [9.17, 15) is 4.79 Å². The molecule has 0 radical (unpaired) electrons. The molecule has 2 N–H and O–H groups in total. The molecule has 0 aliphatic rings. The van der Waals surface area contributed by atoms with Gasteiger partial charge in [-0.2, -0.15) is 0 Å². The first kappa shape index (κ1) is 21.1. The average Bonchev–Trinajstić information content (AvgIpc) is 2.71. The molecule has 0 spiro atoms. The van der Waals surface area contributed by atoms with Crippen molar-refractivity contribution in [3.63, 3.8) is 0 Å². The Balaban J connectivity index is 2.12. The van der Waals surface area contributed by atoms with Crippen molar-refractivity contribution >= 4 is 5.91 Å². The van der Waals surface area contributed by atoms with E-state index in [4.69, 9.17) is 15.2 Å². The lowest BCUT2D eigenvalue weighted by Gasteiger charge is -2.29. The fraction of sp³-hybridized carbons (Fsp3) is 0.409. The van der Waals surface area contributed by atoms with Gasteiger partial charge in [-0.25, -0.2) is 0 Å². The Bertz CT molecular complexity index is 658. The van der Waals surface area contributed by atoms with E-state index >= 15 is 0 Å². The van der Waals surface area contributed by atoms with Gasteiger partial charge in [-0.15, -0.1) is 0 Å². The van der Waals surface area contributed by atoms with Crippen LogP contribution >= 0.6 is 0 Å². The lowest BCUT2D eigenvalue weighted by molar-refractivity contribution is -0.159. The normalized spacial score (nSPS) is 12.1. The van der Waals surface area contributed by atoms with Gasteiger partial charge in [-0.3, -0.25) is 4.79 Å². The van der Waals surface area contributed by atoms with Crippen molar-refractivity contribution in [2.24, 2.45) is 5.73 Å². The Morgan fingerprint density at radius 1 is 0.963 bits per heavy atom. The van der Waals surface area contributed by atoms with Gasteiger partial charge in [0.15, 0.2) is 6.29 Å². The van der Waals surface area contributed by atoms with Gasteiger partial charge in [0.2, 0.25) is 5.91 Å². The van der Waals surface area contributed by atoms with Gasteiger partial charge in [0, 0.05) is 19.8 Å². The molecule has 0 fully saturated rings. The van der Waals surface area contributed by atoms with Crippen LogP contribution in [0.3, 0.4) is 0 Å². The molecule has 2 aromatic rings. The number of benzene rings is 2. The second-order valence-corrected chi connectivity index (χ2v) is 6.25. The third-order valence-electron chi connectivity index (χ3n) is 4.32. The summed E-state index contributed by atoms with van der Waals surface area (Å²) in [6.07, 6.45) is 0.293. The van der Waals surface area contributed by atoms with E-state index in [1.165, 1.54) is 5.56 Å². The minimum atomic E-state index is -0.703. The summed E-state index contributed by atoms with van der Waals surface area (Å²) >= 11 is 0. The van der Waals surface area contributed by atoms with Crippen molar-refractivity contribution in [2.75, 3.05) is 26.3 Å². The Morgan fingerprint density at radius 2 is 1.52 bits per heavy atom. The first-order valence-corrected chi connectivity index (χ1v) is 9.52. The summed E-state index contributed by atoms with van der Waals surface area (Å²) in [6, 6.07) is 18.8. The number of hydrogen-bond donors (Lipinski definition) is 1. The highest BCUT2D eigenvalue weighted by molar-refractivity contribution is 5.83. The summed E-state index contributed by atoms with van der Waals surface area (Å²) in [6.45, 7) is 5.79. The van der Waals surface area contributed by atoms with Gasteiger partial charge < -0.3 is 20.1 Å². The zero-order valence-electron chi connectivity index (χ0n) is 16.2. The van der Waals surface area contributed by atoms with Crippen molar-refractivity contribution in [2.45, 2.75) is 32.6 Å². The van der Waals surface area contributed by atoms with Crippen LogP contribution in [0.2, 0.25) is 0 Å². The van der Waals surface area contributed by atoms with Crippen LogP contribution in [0, 0.1) is 0 Å². The average molecular weight is 370 g/mol. The van der Waals surface area contributed by atoms with Gasteiger partial charge in [0.25, 0.3) is 0 Å². The molecule has 1 amide bonds. The molecule has 27 heavy (non-hydrogen) atoms. The van der Waals surface area contributed by atoms with Crippen LogP contribution in [0.25, 0.3) is 0 Å². The summed E-state index contributed by atoms with van der Waals surface area (Å²) in [5.41, 5.74) is 8.24. The van der Waals surface area contributed by atoms with E-state index in [0.29, 0.717) is 26.3 Å². The van der Waals surface area contributed by atoms with Crippen molar-refractivity contribution < 1.29 is 14.3 Å². The second-order valence-electron chi connectivity index (χ2n) is 6.25. The summed E-state index contributed by atoms with van der Waals surface area (Å²) < 4.78 is 11.3. The summed E-state index contributed by atoms with van der Waals surface area (Å²) in [7, 11) is 0. The van der Waals surface area contributed by atoms with Gasteiger partial charge in [0.1, 0.15) is 6.04 Å². The number of nitrogens with two attached hydrogens (primary N) is 1. The Labute approximate surface area is 162 Å². The van der Waals surface area contributed by atoms with Gasteiger partial charge in [-0.05, 0) is 31.4 Å². The van der Waals surface area contributed by atoms with Crippen molar-refractivity contribution in [3.05, 3.63) is 71.8 Å². The van der Waals surface area contributed by atoms with Crippen molar-refractivity contribution in [3.8, 4) is 0 Å². The first-order valence-electron chi connectivity index (χ1n) is 9.52. The van der Waals surface area contributed by atoms with Crippen LogP contribution in [0.5, 0.6) is 0 Å². The molecule has 5 nitrogen and oxygen atoms in total. The number of hydrogen-bond acceptors (Lipinski definition) is 4. The number of rotatable bonds is 11. The Kier molecular flexibility index (Phi) is 8.98. The molecule has 0 aromatic heterocycles. The molecule has 1 atom stereocenters. The maximum absolute atomic E-state index is 13.1. The number of amides is 1. The minimum Gasteiger partial charge on any atom is -0.351 e. The fourth-order valence-corrected chi connectivity index (χ4v) is 2.91. The summed E-state index contributed by atoms with van der Waals surface area (Å²) in [4.78, 5) is 14.8. The third-order valence-corrected chi connectivity index (χ3v) is 4.32. The maximum Gasteiger partial charge on any atom is 0.244 e. The van der Waals surface area contributed by atoms with E-state index in [1.807, 2.05) is 62.4 Å². The Morgan fingerprint density at radius 3 is 2.07 bits per heavy atom. The third kappa shape index (κ3) is 6.79. The predicted octanol–water partition coefficient (Wildman–Crippen LogP) is 3.16. The fourth-order valence-electron chi connectivity index (χ4n) is 2.91. The molecule has 2 rings (SSSR count). The molecule has 0 aliphatic heterocycles. The van der Waals surface area contributed by atoms with Crippen molar-refractivity contribution in [1.29, 1.82) is 0 Å². The molecule has 0 bridgehead atoms. The van der Waals surface area contributed by atoms with Gasteiger partial charge in [-0.1, -0.05) is 60.7 Å². The van der Waals surface area contributed by atoms with Crippen LogP contribution in [-0.4, -0.2) is 43.4 Å². The maximum atomic E-state index is 13.1. The molecule has 146 valence electrons. The molecular formula is C22H30N2O3. The van der Waals surface area contributed by atoms with Crippen LogP contribution in [0.15, 0.2) is 60.7 Å². The number of carbonyl (C=O) groups is 1. The van der Waals surface area contributed by atoms with E-state index in [2.05, 4.69) is 12.1 Å². The first-order chi connectivity index (χ1) is 13.2. The lowest BCUT2D eigenvalue weighted by atomic mass is 10.1. The topological polar surface area (TPSA) is 64.8 Å². The number of ether oxygens (including phenoxy) is 2. The molecule has 0 unspecified atom stereocenters. The highest BCUT2D eigenvalue weighted by Crippen LogP contribution is 2.15. The van der Waals surface area contributed by atoms with Gasteiger partial charge in [0.05, 0.1) is 6.54 Å². The molecule has 0 saturated heterocycles. The summed E-state index contributed by atoms with van der Waals surface area (Å²) in [5.74, 6) is -0.124. The quantitative estimate of drug-likeness (QED) is 0.617. The molecule has 0 heterocycles. The van der Waals surface area contributed by atoms with Crippen LogP contribution in [-0.2, 0) is 20.7 Å². The van der Waals surface area contributed by atoms with E-state index < -0.39 is 12.3 Å². The lowest BCUT2D eigenvalue weighted by Crippen LogP contribution is -2.45. The van der Waals surface area contributed by atoms with Crippen molar-refractivity contribution in [1.82, 2.24) is 4.90 Å². The zero-order valence-corrected chi connectivity index (χ0v) is 16.2. The monoisotopic (exact) mass is 370 g/mol. The number of nitrogens with zero attached hydrogens (tertiary/aromatic N) is 1. The number of carbonyl (C=O) groups excluding carboxylic acids is 1. The molecule has 0 saturated carbocycles. The minimum absolute atomic E-state index is 0.124. The van der Waals surface area contributed by atoms with E-state index in [-0.39, 0.29) is 5.91 Å². The molecule has 2 aromatic carbocycles. The largest absolute Gasteiger partial charge is 0.351 e. The summed E-state index contributed by atoms with van der Waals surface area (Å²) in [5, 5.41) is 0. The molecular weight excluding hydrogens is 340 g/mol. The predicted molar refractivity (Wildman–Crippen MR) is 107 cm³/mol. The van der Waals surface area contributed by atoms with Crippen LogP contribution in [0.4, 0.5) is 0 Å². The smallest absolute Gasteiger partial charge is 0.244 e.